The van der Waals surface area contributed by atoms with Crippen LogP contribution in [0.1, 0.15) is 47.0 Å². The highest BCUT2D eigenvalue weighted by Crippen LogP contribution is 2.38. The van der Waals surface area contributed by atoms with Crippen molar-refractivity contribution >= 4 is 23.7 Å². The maximum absolute atomic E-state index is 12.4. The van der Waals surface area contributed by atoms with Crippen molar-refractivity contribution in [3.63, 3.8) is 0 Å². The van der Waals surface area contributed by atoms with Gasteiger partial charge in [-0.05, 0) is 56.0 Å². The number of rotatable bonds is 8. The fourth-order valence-corrected chi connectivity index (χ4v) is 4.28. The second kappa shape index (κ2) is 9.49. The van der Waals surface area contributed by atoms with Gasteiger partial charge < -0.3 is 9.88 Å². The van der Waals surface area contributed by atoms with Gasteiger partial charge in [-0.2, -0.15) is 22.3 Å². The lowest BCUT2D eigenvalue weighted by molar-refractivity contribution is -0.116. The molecule has 1 heterocycles. The van der Waals surface area contributed by atoms with E-state index in [0.717, 1.165) is 16.8 Å². The molecule has 0 atom stereocenters. The molecule has 1 saturated carbocycles. The summed E-state index contributed by atoms with van der Waals surface area (Å²) in [4.78, 5) is 12.4. The summed E-state index contributed by atoms with van der Waals surface area (Å²) < 4.78 is 2.30. The molecule has 1 aliphatic rings. The summed E-state index contributed by atoms with van der Waals surface area (Å²) in [5, 5.41) is 21.4. The van der Waals surface area contributed by atoms with E-state index in [1.54, 1.807) is 17.8 Å². The van der Waals surface area contributed by atoms with Crippen molar-refractivity contribution < 1.29 is 4.79 Å². The van der Waals surface area contributed by atoms with Crippen molar-refractivity contribution in [2.24, 2.45) is 0 Å². The average Bonchev–Trinajstić information content (AvgIpc) is 3.51. The molecule has 5 nitrogen and oxygen atoms in total. The molecule has 1 amide bonds. The molecule has 148 valence electrons. The Balaban J connectivity index is 1.53. The summed E-state index contributed by atoms with van der Waals surface area (Å²) in [5.74, 6) is 1.08. The number of nitrogens with zero attached hydrogens (tertiary/aromatic N) is 3. The third-order valence-corrected chi connectivity index (χ3v) is 6.04. The van der Waals surface area contributed by atoms with Gasteiger partial charge in [-0.1, -0.05) is 18.2 Å². The Kier molecular flexibility index (Phi) is 6.80. The van der Waals surface area contributed by atoms with Crippen molar-refractivity contribution in [3.8, 4) is 12.1 Å². The summed E-state index contributed by atoms with van der Waals surface area (Å²) in [6.45, 7) is 4.58. The van der Waals surface area contributed by atoms with Crippen LogP contribution >= 0.6 is 11.8 Å². The molecule has 29 heavy (non-hydrogen) atoms. The molecule has 0 saturated heterocycles. The molecule has 0 unspecified atom stereocenters. The highest BCUT2D eigenvalue weighted by molar-refractivity contribution is 7.98. The maximum Gasteiger partial charge on any atom is 0.261 e. The van der Waals surface area contributed by atoms with Gasteiger partial charge in [0.2, 0.25) is 0 Å². The number of carbonyl (C=O) groups excluding carboxylic acids is 1. The van der Waals surface area contributed by atoms with Crippen molar-refractivity contribution in [2.45, 2.75) is 38.5 Å². The zero-order valence-corrected chi connectivity index (χ0v) is 17.6. The van der Waals surface area contributed by atoms with Crippen LogP contribution in [0.4, 0.5) is 0 Å². The number of nitrogens with one attached hydrogen (secondary N) is 1. The number of hydrogen-bond acceptors (Lipinski definition) is 4. The largest absolute Gasteiger partial charge is 0.351 e. The number of carbonyl (C=O) groups is 1. The van der Waals surface area contributed by atoms with Gasteiger partial charge in [0.1, 0.15) is 11.6 Å². The van der Waals surface area contributed by atoms with Crippen LogP contribution in [-0.2, 0) is 10.5 Å². The van der Waals surface area contributed by atoms with Crippen LogP contribution in [0.5, 0.6) is 0 Å². The van der Waals surface area contributed by atoms with Gasteiger partial charge in [0, 0.05) is 35.5 Å². The average molecular weight is 405 g/mol. The number of hydrogen-bond donors (Lipinski definition) is 1. The number of nitriles is 2. The molecule has 1 aromatic heterocycles. The van der Waals surface area contributed by atoms with E-state index in [-0.39, 0.29) is 11.5 Å². The summed E-state index contributed by atoms with van der Waals surface area (Å²) in [5.41, 5.74) is 5.02. The molecule has 0 spiro atoms. The highest BCUT2D eigenvalue weighted by atomic mass is 32.2. The summed E-state index contributed by atoms with van der Waals surface area (Å²) in [7, 11) is 0. The minimum atomic E-state index is -0.346. The van der Waals surface area contributed by atoms with E-state index < -0.39 is 0 Å². The molecule has 2 aromatic rings. The van der Waals surface area contributed by atoms with Gasteiger partial charge in [0.05, 0.1) is 11.6 Å². The maximum atomic E-state index is 12.4. The predicted molar refractivity (Wildman–Crippen MR) is 116 cm³/mol. The molecule has 1 aromatic carbocycles. The third kappa shape index (κ3) is 5.10. The number of aromatic nitrogens is 1. The molecule has 1 fully saturated rings. The summed E-state index contributed by atoms with van der Waals surface area (Å²) in [6.07, 6.45) is 4.08. The molecular weight excluding hydrogens is 380 g/mol. The second-order valence-electron chi connectivity index (χ2n) is 7.17. The Morgan fingerprint density at radius 2 is 2.07 bits per heavy atom. The van der Waals surface area contributed by atoms with Gasteiger partial charge in [-0.25, -0.2) is 0 Å². The highest BCUT2D eigenvalue weighted by Gasteiger charge is 2.26. The van der Waals surface area contributed by atoms with Gasteiger partial charge in [-0.3, -0.25) is 4.79 Å². The molecule has 1 aliphatic carbocycles. The van der Waals surface area contributed by atoms with E-state index in [9.17, 15) is 10.1 Å². The quantitative estimate of drug-likeness (QED) is 0.405. The monoisotopic (exact) mass is 404 g/mol. The first-order valence-electron chi connectivity index (χ1n) is 9.69. The lowest BCUT2D eigenvalue weighted by atomic mass is 10.1. The van der Waals surface area contributed by atoms with Crippen molar-refractivity contribution in [1.82, 2.24) is 9.88 Å². The molecule has 0 aliphatic heterocycles. The zero-order valence-electron chi connectivity index (χ0n) is 16.7. The molecule has 3 rings (SSSR count). The van der Waals surface area contributed by atoms with Crippen LogP contribution in [-0.4, -0.2) is 22.8 Å². The number of amides is 1. The first-order chi connectivity index (χ1) is 14.0. The smallest absolute Gasteiger partial charge is 0.261 e. The second-order valence-corrected chi connectivity index (χ2v) is 8.28. The fourth-order valence-electron chi connectivity index (χ4n) is 3.42. The number of aryl methyl sites for hydroxylation is 1. The Labute approximate surface area is 176 Å². The zero-order chi connectivity index (χ0) is 20.8. The normalized spacial score (nSPS) is 13.6. The Morgan fingerprint density at radius 3 is 2.76 bits per heavy atom. The van der Waals surface area contributed by atoms with Crippen LogP contribution < -0.4 is 5.32 Å². The lowest BCUT2D eigenvalue weighted by Crippen LogP contribution is -2.26. The van der Waals surface area contributed by atoms with Crippen molar-refractivity contribution in [1.29, 1.82) is 10.5 Å². The Bertz CT molecular complexity index is 1020. The minimum Gasteiger partial charge on any atom is -0.351 e. The van der Waals surface area contributed by atoms with E-state index in [1.165, 1.54) is 18.5 Å². The molecule has 1 N–H and O–H groups in total. The molecule has 0 bridgehead atoms. The van der Waals surface area contributed by atoms with Gasteiger partial charge in [-0.15, -0.1) is 0 Å². The van der Waals surface area contributed by atoms with Gasteiger partial charge in [0.25, 0.3) is 5.91 Å². The topological polar surface area (TPSA) is 81.6 Å². The van der Waals surface area contributed by atoms with Crippen LogP contribution in [0.15, 0.2) is 35.9 Å². The van der Waals surface area contributed by atoms with E-state index in [1.807, 2.05) is 43.3 Å². The van der Waals surface area contributed by atoms with E-state index in [4.69, 9.17) is 5.26 Å². The van der Waals surface area contributed by atoms with Crippen molar-refractivity contribution in [2.75, 3.05) is 12.3 Å². The van der Waals surface area contributed by atoms with Gasteiger partial charge in [0.15, 0.2) is 0 Å². The Morgan fingerprint density at radius 1 is 1.31 bits per heavy atom. The molecule has 0 radical (unpaired) electrons. The van der Waals surface area contributed by atoms with E-state index >= 15 is 0 Å². The summed E-state index contributed by atoms with van der Waals surface area (Å²) in [6, 6.07) is 14.4. The number of thioether (sulfide) groups is 1. The fraction of sp³-hybridized carbons (Fsp3) is 0.348. The standard InChI is InChI=1S/C23H24N4OS/c1-16-11-20(17(2)27(16)22-7-8-22)12-21(14-25)23(28)26-9-10-29-15-19-6-4-3-5-18(19)13-24/h3-6,11-12,22H,7-10,15H2,1-2H3,(H,26,28)/b21-12+. The predicted octanol–water partition coefficient (Wildman–Crippen LogP) is 4.27. The number of benzene rings is 1. The minimum absolute atomic E-state index is 0.126. The third-order valence-electron chi connectivity index (χ3n) is 5.03. The lowest BCUT2D eigenvalue weighted by Gasteiger charge is -2.07. The van der Waals surface area contributed by atoms with Crippen LogP contribution in [0.3, 0.4) is 0 Å². The van der Waals surface area contributed by atoms with Crippen LogP contribution in [0.2, 0.25) is 0 Å². The van der Waals surface area contributed by atoms with Crippen molar-refractivity contribution in [3.05, 3.63) is 64.0 Å². The van der Waals surface area contributed by atoms with E-state index in [0.29, 0.717) is 29.7 Å². The first kappa shape index (κ1) is 20.8. The first-order valence-corrected chi connectivity index (χ1v) is 10.8. The van der Waals surface area contributed by atoms with Gasteiger partial charge >= 0.3 is 0 Å². The molecule has 6 heteroatoms. The Hall–Kier alpha value is -2.96. The van der Waals surface area contributed by atoms with E-state index in [2.05, 4.69) is 22.9 Å². The summed E-state index contributed by atoms with van der Waals surface area (Å²) >= 11 is 1.65. The molecular formula is C23H24N4OS. The SMILES string of the molecule is Cc1cc(/C=C(\C#N)C(=O)NCCSCc2ccccc2C#N)c(C)n1C1CC1. The van der Waals surface area contributed by atoms with Crippen LogP contribution in [0, 0.1) is 36.5 Å². The van der Waals surface area contributed by atoms with Crippen LogP contribution in [0.25, 0.3) is 6.08 Å².